The Bertz CT molecular complexity index is 997. The summed E-state index contributed by atoms with van der Waals surface area (Å²) in [7, 11) is -0.446. The standard InChI is InChI=1S/C18H15P.C11H12ClN/c1-4-10-16(11-5-1)19(17-12-6-2-7-13-17)18-14-8-3-9-15-18;1-9(8-13)6-10-2-4-11(7-12)5-3-10/h1-15H;2-5,9H,6-7H2,1H3. The Labute approximate surface area is 198 Å². The number of nitriles is 1. The number of halogens is 1. The number of benzene rings is 4. The van der Waals surface area contributed by atoms with Crippen LogP contribution in [0.5, 0.6) is 0 Å². The van der Waals surface area contributed by atoms with E-state index in [1.165, 1.54) is 21.5 Å². The fraction of sp³-hybridized carbons (Fsp3) is 0.138. The number of rotatable bonds is 6. The predicted octanol–water partition coefficient (Wildman–Crippen LogP) is 6.57. The van der Waals surface area contributed by atoms with Gasteiger partial charge in [0, 0.05) is 11.8 Å². The Balaban J connectivity index is 0.000000195. The van der Waals surface area contributed by atoms with E-state index in [0.717, 1.165) is 12.0 Å². The lowest BCUT2D eigenvalue weighted by Gasteiger charge is -2.18. The molecule has 1 nitrogen and oxygen atoms in total. The molecule has 0 bridgehead atoms. The highest BCUT2D eigenvalue weighted by molar-refractivity contribution is 7.79. The molecule has 0 saturated carbocycles. The molecule has 4 aromatic carbocycles. The van der Waals surface area contributed by atoms with Crippen molar-refractivity contribution in [1.82, 2.24) is 0 Å². The van der Waals surface area contributed by atoms with E-state index in [1.807, 2.05) is 31.2 Å². The Morgan fingerprint density at radius 3 is 1.38 bits per heavy atom. The molecule has 0 aliphatic rings. The molecule has 0 aliphatic carbocycles. The third kappa shape index (κ3) is 7.06. The van der Waals surface area contributed by atoms with Crippen molar-refractivity contribution in [3.05, 3.63) is 126 Å². The van der Waals surface area contributed by atoms with Gasteiger partial charge in [-0.2, -0.15) is 5.26 Å². The van der Waals surface area contributed by atoms with Gasteiger partial charge in [0.1, 0.15) is 0 Å². The summed E-state index contributed by atoms with van der Waals surface area (Å²) in [4.78, 5) is 0. The molecule has 160 valence electrons. The molecule has 3 heteroatoms. The van der Waals surface area contributed by atoms with Crippen molar-refractivity contribution in [3.63, 3.8) is 0 Å². The zero-order valence-corrected chi connectivity index (χ0v) is 19.9. The second kappa shape index (κ2) is 12.8. The van der Waals surface area contributed by atoms with Gasteiger partial charge in [-0.15, -0.1) is 11.6 Å². The average molecular weight is 456 g/mol. The number of nitrogens with zero attached hydrogens (tertiary/aromatic N) is 1. The van der Waals surface area contributed by atoms with Gasteiger partial charge in [0.15, 0.2) is 0 Å². The summed E-state index contributed by atoms with van der Waals surface area (Å²) < 4.78 is 0. The van der Waals surface area contributed by atoms with Crippen molar-refractivity contribution in [3.8, 4) is 6.07 Å². The Morgan fingerprint density at radius 1 is 0.656 bits per heavy atom. The van der Waals surface area contributed by atoms with Gasteiger partial charge in [0.2, 0.25) is 0 Å². The highest BCUT2D eigenvalue weighted by Crippen LogP contribution is 2.32. The minimum Gasteiger partial charge on any atom is -0.198 e. The van der Waals surface area contributed by atoms with E-state index in [-0.39, 0.29) is 5.92 Å². The largest absolute Gasteiger partial charge is 0.198 e. The third-order valence-corrected chi connectivity index (χ3v) is 7.73. The highest BCUT2D eigenvalue weighted by atomic mass is 35.5. The summed E-state index contributed by atoms with van der Waals surface area (Å²) in [5.41, 5.74) is 2.32. The van der Waals surface area contributed by atoms with Crippen molar-refractivity contribution in [1.29, 1.82) is 5.26 Å². The maximum Gasteiger partial charge on any atom is 0.0656 e. The Morgan fingerprint density at radius 2 is 1.03 bits per heavy atom. The van der Waals surface area contributed by atoms with Crippen molar-refractivity contribution in [2.24, 2.45) is 5.92 Å². The van der Waals surface area contributed by atoms with Crippen molar-refractivity contribution in [2.75, 3.05) is 0 Å². The summed E-state index contributed by atoms with van der Waals surface area (Å²) in [5, 5.41) is 12.8. The quantitative estimate of drug-likeness (QED) is 0.238. The topological polar surface area (TPSA) is 23.8 Å². The molecule has 0 fully saturated rings. The molecule has 1 unspecified atom stereocenters. The van der Waals surface area contributed by atoms with Crippen LogP contribution in [0.3, 0.4) is 0 Å². The fourth-order valence-electron chi connectivity index (χ4n) is 3.34. The fourth-order valence-corrected chi connectivity index (χ4v) is 5.83. The normalized spacial score (nSPS) is 11.2. The molecule has 0 N–H and O–H groups in total. The predicted molar refractivity (Wildman–Crippen MR) is 140 cm³/mol. The lowest BCUT2D eigenvalue weighted by Crippen LogP contribution is -2.20. The molecule has 0 aliphatic heterocycles. The van der Waals surface area contributed by atoms with Gasteiger partial charge >= 0.3 is 0 Å². The monoisotopic (exact) mass is 455 g/mol. The first-order valence-electron chi connectivity index (χ1n) is 10.7. The van der Waals surface area contributed by atoms with Gasteiger partial charge in [-0.3, -0.25) is 0 Å². The van der Waals surface area contributed by atoms with E-state index < -0.39 is 7.92 Å². The lowest BCUT2D eigenvalue weighted by atomic mass is 10.0. The SMILES string of the molecule is CC(C#N)Cc1ccc(CCl)cc1.c1ccc(P(c2ccccc2)c2ccccc2)cc1. The number of hydrogen-bond acceptors (Lipinski definition) is 1. The van der Waals surface area contributed by atoms with Gasteiger partial charge in [-0.1, -0.05) is 115 Å². The molecule has 0 spiro atoms. The second-order valence-electron chi connectivity index (χ2n) is 7.53. The molecule has 0 amide bonds. The lowest BCUT2D eigenvalue weighted by molar-refractivity contribution is 0.739. The average Bonchev–Trinajstić information content (AvgIpc) is 2.87. The molecule has 0 radical (unpaired) electrons. The molecule has 1 atom stereocenters. The molecule has 32 heavy (non-hydrogen) atoms. The highest BCUT2D eigenvalue weighted by Gasteiger charge is 2.15. The van der Waals surface area contributed by atoms with Crippen LogP contribution in [0.1, 0.15) is 18.1 Å². The number of alkyl halides is 1. The van der Waals surface area contributed by atoms with Crippen molar-refractivity contribution in [2.45, 2.75) is 19.2 Å². The maximum atomic E-state index is 8.63. The van der Waals surface area contributed by atoms with E-state index in [9.17, 15) is 0 Å². The third-order valence-electron chi connectivity index (χ3n) is 4.98. The zero-order chi connectivity index (χ0) is 22.6. The van der Waals surface area contributed by atoms with E-state index >= 15 is 0 Å². The van der Waals surface area contributed by atoms with Crippen LogP contribution in [0.15, 0.2) is 115 Å². The summed E-state index contributed by atoms with van der Waals surface area (Å²) >= 11 is 5.66. The van der Waals surface area contributed by atoms with Crippen LogP contribution in [0.2, 0.25) is 0 Å². The summed E-state index contributed by atoms with van der Waals surface area (Å²) in [6, 6.07) is 42.6. The smallest absolute Gasteiger partial charge is 0.0656 e. The van der Waals surface area contributed by atoms with Gasteiger partial charge in [0.25, 0.3) is 0 Å². The van der Waals surface area contributed by atoms with Gasteiger partial charge in [0.05, 0.1) is 6.07 Å². The van der Waals surface area contributed by atoms with Gasteiger partial charge in [-0.05, 0) is 48.3 Å². The zero-order valence-electron chi connectivity index (χ0n) is 18.2. The Kier molecular flexibility index (Phi) is 9.52. The molecule has 4 aromatic rings. The van der Waals surface area contributed by atoms with E-state index in [0.29, 0.717) is 5.88 Å². The van der Waals surface area contributed by atoms with E-state index in [1.54, 1.807) is 0 Å². The first kappa shape index (κ1) is 23.7. The van der Waals surface area contributed by atoms with Crippen molar-refractivity contribution < 1.29 is 0 Å². The van der Waals surface area contributed by atoms with Crippen molar-refractivity contribution >= 4 is 35.4 Å². The molecule has 4 rings (SSSR count). The molecular weight excluding hydrogens is 429 g/mol. The summed E-state index contributed by atoms with van der Waals surface area (Å²) in [5.74, 6) is 0.635. The van der Waals surface area contributed by atoms with Crippen LogP contribution < -0.4 is 15.9 Å². The first-order valence-corrected chi connectivity index (χ1v) is 12.6. The molecule has 0 heterocycles. The van der Waals surface area contributed by atoms with Gasteiger partial charge < -0.3 is 0 Å². The second-order valence-corrected chi connectivity index (χ2v) is 10.0. The van der Waals surface area contributed by atoms with Crippen LogP contribution in [0.25, 0.3) is 0 Å². The van der Waals surface area contributed by atoms with E-state index in [4.69, 9.17) is 16.9 Å². The maximum absolute atomic E-state index is 8.63. The molecule has 0 saturated heterocycles. The summed E-state index contributed by atoms with van der Waals surface area (Å²) in [6.45, 7) is 1.93. The van der Waals surface area contributed by atoms with Crippen LogP contribution in [0, 0.1) is 17.2 Å². The molecule has 0 aromatic heterocycles. The van der Waals surface area contributed by atoms with Crippen LogP contribution in [-0.2, 0) is 12.3 Å². The Hall–Kier alpha value is -2.91. The van der Waals surface area contributed by atoms with Gasteiger partial charge in [-0.25, -0.2) is 0 Å². The summed E-state index contributed by atoms with van der Waals surface area (Å²) in [6.07, 6.45) is 0.819. The minimum atomic E-state index is -0.446. The first-order chi connectivity index (χ1) is 15.7. The minimum absolute atomic E-state index is 0.0850. The molecular formula is C29H27ClNP. The van der Waals surface area contributed by atoms with Crippen LogP contribution >= 0.6 is 19.5 Å². The van der Waals surface area contributed by atoms with Crippen LogP contribution in [0.4, 0.5) is 0 Å². The van der Waals surface area contributed by atoms with Crippen LogP contribution in [-0.4, -0.2) is 0 Å². The van der Waals surface area contributed by atoms with E-state index in [2.05, 4.69) is 97.1 Å². The number of hydrogen-bond donors (Lipinski definition) is 0.